The van der Waals surface area contributed by atoms with Crippen molar-refractivity contribution in [3.63, 3.8) is 0 Å². The fraction of sp³-hybridized carbons (Fsp3) is 0.533. The van der Waals surface area contributed by atoms with E-state index in [4.69, 9.17) is 0 Å². The topological polar surface area (TPSA) is 43.8 Å². The van der Waals surface area contributed by atoms with Crippen molar-refractivity contribution in [2.45, 2.75) is 25.4 Å². The van der Waals surface area contributed by atoms with E-state index in [0.717, 1.165) is 38.0 Å². The molecule has 0 aromatic heterocycles. The van der Waals surface area contributed by atoms with Gasteiger partial charge in [0.1, 0.15) is 0 Å². The summed E-state index contributed by atoms with van der Waals surface area (Å²) in [5, 5.41) is 9.65. The number of anilines is 1. The van der Waals surface area contributed by atoms with Gasteiger partial charge in [-0.1, -0.05) is 18.2 Å². The molecule has 2 aliphatic heterocycles. The second kappa shape index (κ2) is 5.31. The number of fused-ring (bicyclic) bond motifs is 1. The number of piperidine rings is 1. The zero-order chi connectivity index (χ0) is 13.2. The minimum absolute atomic E-state index is 0.152. The third kappa shape index (κ3) is 2.65. The Morgan fingerprint density at radius 3 is 3.00 bits per heavy atom. The van der Waals surface area contributed by atoms with Gasteiger partial charge >= 0.3 is 0 Å². The van der Waals surface area contributed by atoms with Crippen LogP contribution in [0.3, 0.4) is 0 Å². The number of carbonyl (C=O) groups excluding carboxylic acids is 1. The van der Waals surface area contributed by atoms with E-state index in [2.05, 4.69) is 11.0 Å². The Kier molecular flexibility index (Phi) is 3.53. The molecule has 1 amide bonds. The number of aliphatic hydroxyl groups excluding tert-OH is 1. The summed E-state index contributed by atoms with van der Waals surface area (Å²) >= 11 is 0. The molecule has 1 fully saturated rings. The zero-order valence-corrected chi connectivity index (χ0v) is 11.1. The van der Waals surface area contributed by atoms with Gasteiger partial charge < -0.3 is 10.0 Å². The van der Waals surface area contributed by atoms with Crippen LogP contribution < -0.4 is 4.90 Å². The number of amides is 1. The summed E-state index contributed by atoms with van der Waals surface area (Å²) in [6.45, 7) is 2.75. The van der Waals surface area contributed by atoms with Crippen LogP contribution in [-0.2, 0) is 11.2 Å². The minimum atomic E-state index is -0.271. The van der Waals surface area contributed by atoms with Gasteiger partial charge in [0.05, 0.1) is 12.6 Å². The van der Waals surface area contributed by atoms with Gasteiger partial charge in [-0.3, -0.25) is 9.69 Å². The Balaban J connectivity index is 1.65. The number of rotatable bonds is 2. The second-order valence-corrected chi connectivity index (χ2v) is 5.46. The third-order valence-corrected chi connectivity index (χ3v) is 4.03. The molecule has 0 bridgehead atoms. The summed E-state index contributed by atoms with van der Waals surface area (Å²) in [6, 6.07) is 8.11. The quantitative estimate of drug-likeness (QED) is 0.864. The molecule has 0 aliphatic carbocycles. The number of likely N-dealkylation sites (tertiary alicyclic amines) is 1. The molecule has 0 radical (unpaired) electrons. The average Bonchev–Trinajstić information content (AvgIpc) is 2.82. The van der Waals surface area contributed by atoms with Crippen LogP contribution in [0.2, 0.25) is 0 Å². The van der Waals surface area contributed by atoms with Crippen LogP contribution in [0.4, 0.5) is 5.69 Å². The predicted octanol–water partition coefficient (Wildman–Crippen LogP) is 1.03. The van der Waals surface area contributed by atoms with E-state index in [-0.39, 0.29) is 12.0 Å². The molecule has 1 aromatic rings. The van der Waals surface area contributed by atoms with E-state index in [1.54, 1.807) is 0 Å². The van der Waals surface area contributed by atoms with Crippen LogP contribution >= 0.6 is 0 Å². The van der Waals surface area contributed by atoms with Crippen molar-refractivity contribution in [1.29, 1.82) is 0 Å². The summed E-state index contributed by atoms with van der Waals surface area (Å²) in [6.07, 6.45) is 2.51. The van der Waals surface area contributed by atoms with Crippen LogP contribution in [-0.4, -0.2) is 48.2 Å². The molecule has 2 heterocycles. The molecule has 4 nitrogen and oxygen atoms in total. The maximum Gasteiger partial charge on any atom is 0.241 e. The first-order valence-corrected chi connectivity index (χ1v) is 7.03. The summed E-state index contributed by atoms with van der Waals surface area (Å²) in [7, 11) is 0. The maximum absolute atomic E-state index is 12.4. The Morgan fingerprint density at radius 2 is 2.16 bits per heavy atom. The van der Waals surface area contributed by atoms with Crippen LogP contribution in [0.5, 0.6) is 0 Å². The number of nitrogens with zero attached hydrogens (tertiary/aromatic N) is 2. The first-order chi connectivity index (χ1) is 9.24. The van der Waals surface area contributed by atoms with Crippen molar-refractivity contribution in [2.24, 2.45) is 0 Å². The molecular formula is C15H20N2O2. The van der Waals surface area contributed by atoms with Crippen molar-refractivity contribution >= 4 is 11.6 Å². The van der Waals surface area contributed by atoms with Gasteiger partial charge in [-0.2, -0.15) is 0 Å². The lowest BCUT2D eigenvalue weighted by atomic mass is 10.1. The van der Waals surface area contributed by atoms with E-state index >= 15 is 0 Å². The largest absolute Gasteiger partial charge is 0.392 e. The van der Waals surface area contributed by atoms with Gasteiger partial charge in [-0.15, -0.1) is 0 Å². The van der Waals surface area contributed by atoms with Gasteiger partial charge in [0, 0.05) is 18.8 Å². The maximum atomic E-state index is 12.4. The molecule has 1 unspecified atom stereocenters. The van der Waals surface area contributed by atoms with Gasteiger partial charge in [-0.05, 0) is 37.4 Å². The van der Waals surface area contributed by atoms with E-state index in [9.17, 15) is 9.90 Å². The number of benzene rings is 1. The monoisotopic (exact) mass is 260 g/mol. The van der Waals surface area contributed by atoms with Crippen LogP contribution in [0.1, 0.15) is 18.4 Å². The number of carbonyl (C=O) groups is 1. The number of β-amino-alcohol motifs (C(OH)–C–C–N with tert-alkyl or cyclic N) is 1. The first-order valence-electron chi connectivity index (χ1n) is 7.03. The van der Waals surface area contributed by atoms with Gasteiger partial charge in [0.2, 0.25) is 5.91 Å². The molecule has 0 saturated carbocycles. The van der Waals surface area contributed by atoms with Gasteiger partial charge in [0.25, 0.3) is 0 Å². The second-order valence-electron chi connectivity index (χ2n) is 5.46. The molecule has 0 spiro atoms. The molecule has 2 aliphatic rings. The smallest absolute Gasteiger partial charge is 0.241 e. The Morgan fingerprint density at radius 1 is 1.32 bits per heavy atom. The van der Waals surface area contributed by atoms with Gasteiger partial charge in [0.15, 0.2) is 0 Å². The van der Waals surface area contributed by atoms with Crippen LogP contribution in [0.15, 0.2) is 24.3 Å². The lowest BCUT2D eigenvalue weighted by molar-refractivity contribution is -0.120. The number of hydrogen-bond acceptors (Lipinski definition) is 3. The molecule has 1 atom stereocenters. The van der Waals surface area contributed by atoms with Crippen molar-refractivity contribution in [2.75, 3.05) is 31.1 Å². The molecule has 4 heteroatoms. The highest BCUT2D eigenvalue weighted by atomic mass is 16.3. The average molecular weight is 260 g/mol. The minimum Gasteiger partial charge on any atom is -0.392 e. The highest BCUT2D eigenvalue weighted by Crippen LogP contribution is 2.27. The van der Waals surface area contributed by atoms with Gasteiger partial charge in [-0.25, -0.2) is 0 Å². The molecule has 1 saturated heterocycles. The van der Waals surface area contributed by atoms with Crippen molar-refractivity contribution in [3.05, 3.63) is 29.8 Å². The SMILES string of the molecule is O=C(CN1CCCC(O)C1)N1CCc2ccccc21. The molecule has 3 rings (SSSR count). The van der Waals surface area contributed by atoms with Crippen molar-refractivity contribution in [1.82, 2.24) is 4.90 Å². The summed E-state index contributed by atoms with van der Waals surface area (Å²) in [5.74, 6) is 0.152. The molecular weight excluding hydrogens is 240 g/mol. The Hall–Kier alpha value is -1.39. The lowest BCUT2D eigenvalue weighted by Gasteiger charge is -2.30. The third-order valence-electron chi connectivity index (χ3n) is 4.03. The fourth-order valence-electron chi connectivity index (χ4n) is 3.05. The van der Waals surface area contributed by atoms with E-state index < -0.39 is 0 Å². The standard InChI is InChI=1S/C15H20N2O2/c18-13-5-3-8-16(10-13)11-15(19)17-9-7-12-4-1-2-6-14(12)17/h1-2,4,6,13,18H,3,5,7-11H2. The number of aliphatic hydroxyl groups is 1. The van der Waals surface area contributed by atoms with Crippen molar-refractivity contribution in [3.8, 4) is 0 Å². The predicted molar refractivity (Wildman–Crippen MR) is 74.2 cm³/mol. The molecule has 19 heavy (non-hydrogen) atoms. The highest BCUT2D eigenvalue weighted by Gasteiger charge is 2.27. The summed E-state index contributed by atoms with van der Waals surface area (Å²) < 4.78 is 0. The van der Waals surface area contributed by atoms with Crippen LogP contribution in [0, 0.1) is 0 Å². The first kappa shape index (κ1) is 12.6. The lowest BCUT2D eigenvalue weighted by Crippen LogP contribution is -2.45. The molecule has 102 valence electrons. The summed E-state index contributed by atoms with van der Waals surface area (Å²) in [4.78, 5) is 16.3. The fourth-order valence-corrected chi connectivity index (χ4v) is 3.05. The summed E-state index contributed by atoms with van der Waals surface area (Å²) in [5.41, 5.74) is 2.32. The van der Waals surface area contributed by atoms with E-state index in [0.29, 0.717) is 13.1 Å². The molecule has 1 aromatic carbocycles. The normalized spacial score (nSPS) is 23.4. The number of hydrogen-bond donors (Lipinski definition) is 1. The van der Waals surface area contributed by atoms with Crippen LogP contribution in [0.25, 0.3) is 0 Å². The van der Waals surface area contributed by atoms with E-state index in [1.807, 2.05) is 23.1 Å². The number of para-hydroxylation sites is 1. The Labute approximate surface area is 113 Å². The van der Waals surface area contributed by atoms with Crippen molar-refractivity contribution < 1.29 is 9.90 Å². The molecule has 1 N–H and O–H groups in total. The zero-order valence-electron chi connectivity index (χ0n) is 11.1. The Bertz CT molecular complexity index is 475. The highest BCUT2D eigenvalue weighted by molar-refractivity contribution is 5.96. The van der Waals surface area contributed by atoms with E-state index in [1.165, 1.54) is 5.56 Å².